The Hall–Kier alpha value is -3.26. The van der Waals surface area contributed by atoms with Crippen molar-refractivity contribution in [2.45, 2.75) is 18.6 Å². The van der Waals surface area contributed by atoms with Gasteiger partial charge in [-0.1, -0.05) is 36.0 Å². The number of hydrogen-bond donors (Lipinski definition) is 1. The van der Waals surface area contributed by atoms with Gasteiger partial charge in [0.15, 0.2) is 5.16 Å². The molecule has 0 fully saturated rings. The molecule has 3 rings (SSSR count). The first-order valence-corrected chi connectivity index (χ1v) is 9.64. The predicted octanol–water partition coefficient (Wildman–Crippen LogP) is 4.92. The van der Waals surface area contributed by atoms with E-state index in [1.54, 1.807) is 30.3 Å². The van der Waals surface area contributed by atoms with Crippen molar-refractivity contribution in [1.82, 2.24) is 14.8 Å². The Balaban J connectivity index is 1.53. The molecule has 1 heterocycles. The largest absolute Gasteiger partial charge is 0.325 e. The van der Waals surface area contributed by atoms with Gasteiger partial charge in [-0.3, -0.25) is 4.79 Å². The maximum atomic E-state index is 12.2. The number of aromatic nitrogens is 3. The average molecular weight is 392 g/mol. The monoisotopic (exact) mass is 392 g/mol. The SMILES string of the molecule is C=CCn1c(C)nnc1SCC(=O)Nc1ccc(N=Nc2ccccc2)cc1. The second-order valence-electron chi connectivity index (χ2n) is 5.85. The third kappa shape index (κ3) is 5.37. The summed E-state index contributed by atoms with van der Waals surface area (Å²) in [5.74, 6) is 0.919. The van der Waals surface area contributed by atoms with E-state index >= 15 is 0 Å². The molecule has 142 valence electrons. The minimum atomic E-state index is -0.116. The molecule has 3 aromatic rings. The Morgan fingerprint density at radius 3 is 2.46 bits per heavy atom. The van der Waals surface area contributed by atoms with E-state index in [0.29, 0.717) is 23.1 Å². The lowest BCUT2D eigenvalue weighted by atomic mass is 10.3. The summed E-state index contributed by atoms with van der Waals surface area (Å²) in [7, 11) is 0. The average Bonchev–Trinajstić information content (AvgIpc) is 3.07. The number of allylic oxidation sites excluding steroid dienone is 1. The number of anilines is 1. The van der Waals surface area contributed by atoms with E-state index in [9.17, 15) is 4.79 Å². The van der Waals surface area contributed by atoms with Crippen molar-refractivity contribution in [2.75, 3.05) is 11.1 Å². The number of thioether (sulfide) groups is 1. The first kappa shape index (κ1) is 19.5. The van der Waals surface area contributed by atoms with Crippen LogP contribution in [0.5, 0.6) is 0 Å². The molecule has 1 amide bonds. The van der Waals surface area contributed by atoms with Crippen LogP contribution in [0.2, 0.25) is 0 Å². The van der Waals surface area contributed by atoms with Gasteiger partial charge in [0.25, 0.3) is 0 Å². The molecule has 0 spiro atoms. The molecule has 1 aromatic heterocycles. The quantitative estimate of drug-likeness (QED) is 0.335. The summed E-state index contributed by atoms with van der Waals surface area (Å²) in [6.07, 6.45) is 1.77. The Morgan fingerprint density at radius 1 is 1.11 bits per heavy atom. The number of nitrogens with zero attached hydrogens (tertiary/aromatic N) is 5. The van der Waals surface area contributed by atoms with Gasteiger partial charge in [0, 0.05) is 12.2 Å². The van der Waals surface area contributed by atoms with Crippen LogP contribution in [-0.4, -0.2) is 26.4 Å². The van der Waals surface area contributed by atoms with Crippen LogP contribution in [0.15, 0.2) is 82.6 Å². The fourth-order valence-electron chi connectivity index (χ4n) is 2.36. The smallest absolute Gasteiger partial charge is 0.234 e. The van der Waals surface area contributed by atoms with Gasteiger partial charge < -0.3 is 9.88 Å². The zero-order valence-electron chi connectivity index (χ0n) is 15.4. The maximum absolute atomic E-state index is 12.2. The second kappa shape index (κ2) is 9.61. The van der Waals surface area contributed by atoms with Crippen molar-refractivity contribution in [3.05, 3.63) is 73.1 Å². The highest BCUT2D eigenvalue weighted by molar-refractivity contribution is 7.99. The van der Waals surface area contributed by atoms with Gasteiger partial charge in [0.05, 0.1) is 17.1 Å². The number of benzene rings is 2. The summed E-state index contributed by atoms with van der Waals surface area (Å²) in [5.41, 5.74) is 2.20. The highest BCUT2D eigenvalue weighted by Crippen LogP contribution is 2.21. The fourth-order valence-corrected chi connectivity index (χ4v) is 3.15. The van der Waals surface area contributed by atoms with E-state index in [0.717, 1.165) is 11.5 Å². The van der Waals surface area contributed by atoms with Crippen molar-refractivity contribution >= 4 is 34.7 Å². The van der Waals surface area contributed by atoms with Crippen LogP contribution < -0.4 is 5.32 Å². The molecule has 0 radical (unpaired) electrons. The number of hydrogen-bond acceptors (Lipinski definition) is 6. The molecule has 7 nitrogen and oxygen atoms in total. The molecule has 0 aliphatic carbocycles. The number of azo groups is 1. The Morgan fingerprint density at radius 2 is 1.79 bits per heavy atom. The lowest BCUT2D eigenvalue weighted by Gasteiger charge is -2.06. The molecule has 0 atom stereocenters. The van der Waals surface area contributed by atoms with E-state index in [4.69, 9.17) is 0 Å². The van der Waals surface area contributed by atoms with E-state index in [2.05, 4.69) is 32.3 Å². The fraction of sp³-hybridized carbons (Fsp3) is 0.150. The molecule has 28 heavy (non-hydrogen) atoms. The Kier molecular flexibility index (Phi) is 6.69. The van der Waals surface area contributed by atoms with Gasteiger partial charge >= 0.3 is 0 Å². The van der Waals surface area contributed by atoms with Gasteiger partial charge in [-0.15, -0.1) is 16.8 Å². The molecule has 0 saturated heterocycles. The van der Waals surface area contributed by atoms with Crippen molar-refractivity contribution in [1.29, 1.82) is 0 Å². The highest BCUT2D eigenvalue weighted by Gasteiger charge is 2.11. The number of carbonyl (C=O) groups is 1. The van der Waals surface area contributed by atoms with Crippen molar-refractivity contribution in [2.24, 2.45) is 10.2 Å². The van der Waals surface area contributed by atoms with Gasteiger partial charge in [-0.25, -0.2) is 0 Å². The summed E-state index contributed by atoms with van der Waals surface area (Å²) in [6, 6.07) is 16.7. The van der Waals surface area contributed by atoms with E-state index in [-0.39, 0.29) is 11.7 Å². The topological polar surface area (TPSA) is 84.5 Å². The first-order valence-electron chi connectivity index (χ1n) is 8.66. The molecule has 2 aromatic carbocycles. The van der Waals surface area contributed by atoms with Gasteiger partial charge in [0.2, 0.25) is 5.91 Å². The van der Waals surface area contributed by atoms with Crippen molar-refractivity contribution < 1.29 is 4.79 Å². The van der Waals surface area contributed by atoms with Crippen LogP contribution >= 0.6 is 11.8 Å². The second-order valence-corrected chi connectivity index (χ2v) is 6.79. The number of rotatable bonds is 8. The third-order valence-corrected chi connectivity index (χ3v) is 4.70. The minimum Gasteiger partial charge on any atom is -0.325 e. The lowest BCUT2D eigenvalue weighted by molar-refractivity contribution is -0.113. The van der Waals surface area contributed by atoms with Crippen LogP contribution in [0.3, 0.4) is 0 Å². The van der Waals surface area contributed by atoms with Gasteiger partial charge in [-0.2, -0.15) is 10.2 Å². The number of aryl methyl sites for hydroxylation is 1. The summed E-state index contributed by atoms with van der Waals surface area (Å²) in [6.45, 7) is 6.21. The minimum absolute atomic E-state index is 0.116. The van der Waals surface area contributed by atoms with Gasteiger partial charge in [0.1, 0.15) is 5.82 Å². The summed E-state index contributed by atoms with van der Waals surface area (Å²) in [5, 5.41) is 20.0. The van der Waals surface area contributed by atoms with Crippen LogP contribution in [0, 0.1) is 6.92 Å². The zero-order valence-corrected chi connectivity index (χ0v) is 16.3. The van der Waals surface area contributed by atoms with E-state index < -0.39 is 0 Å². The third-order valence-electron chi connectivity index (χ3n) is 3.73. The number of nitrogens with one attached hydrogen (secondary N) is 1. The molecule has 0 aliphatic heterocycles. The lowest BCUT2D eigenvalue weighted by Crippen LogP contribution is -2.14. The summed E-state index contributed by atoms with van der Waals surface area (Å²) in [4.78, 5) is 12.2. The molecular formula is C20H20N6OS. The number of carbonyl (C=O) groups excluding carboxylic acids is 1. The molecular weight excluding hydrogens is 372 g/mol. The molecule has 0 saturated carbocycles. The normalized spacial score (nSPS) is 10.9. The summed E-state index contributed by atoms with van der Waals surface area (Å²) >= 11 is 1.34. The Bertz CT molecular complexity index is 966. The summed E-state index contributed by atoms with van der Waals surface area (Å²) < 4.78 is 1.91. The molecule has 0 bridgehead atoms. The van der Waals surface area contributed by atoms with Gasteiger partial charge in [-0.05, 0) is 43.3 Å². The van der Waals surface area contributed by atoms with Crippen LogP contribution in [-0.2, 0) is 11.3 Å². The van der Waals surface area contributed by atoms with Crippen LogP contribution in [0.1, 0.15) is 5.82 Å². The zero-order chi connectivity index (χ0) is 19.8. The Labute approximate surface area is 167 Å². The standard InChI is InChI=1S/C20H20N6OS/c1-3-13-26-15(2)22-25-20(26)28-14-19(27)21-16-9-11-18(12-10-16)24-23-17-7-5-4-6-8-17/h3-12H,1,13-14H2,2H3,(H,21,27). The van der Waals surface area contributed by atoms with Crippen molar-refractivity contribution in [3.8, 4) is 0 Å². The maximum Gasteiger partial charge on any atom is 0.234 e. The molecule has 0 aliphatic rings. The van der Waals surface area contributed by atoms with Crippen LogP contribution in [0.4, 0.5) is 17.1 Å². The van der Waals surface area contributed by atoms with E-state index in [1.807, 2.05) is 41.8 Å². The molecule has 1 N–H and O–H groups in total. The highest BCUT2D eigenvalue weighted by atomic mass is 32.2. The van der Waals surface area contributed by atoms with Crippen LogP contribution in [0.25, 0.3) is 0 Å². The first-order chi connectivity index (χ1) is 13.7. The molecule has 0 unspecified atom stereocenters. The van der Waals surface area contributed by atoms with E-state index in [1.165, 1.54) is 11.8 Å². The number of amides is 1. The molecule has 8 heteroatoms. The van der Waals surface area contributed by atoms with Crippen molar-refractivity contribution in [3.63, 3.8) is 0 Å². The predicted molar refractivity (Wildman–Crippen MR) is 111 cm³/mol.